The number of carboxylic acid groups (broad SMARTS) is 1. The lowest BCUT2D eigenvalue weighted by atomic mass is 9.77. The lowest BCUT2D eigenvalue weighted by molar-refractivity contribution is -0.142. The van der Waals surface area contributed by atoms with E-state index in [9.17, 15) is 9.90 Å². The van der Waals surface area contributed by atoms with Crippen molar-refractivity contribution in [2.75, 3.05) is 0 Å². The third-order valence-electron chi connectivity index (χ3n) is 7.43. The summed E-state index contributed by atoms with van der Waals surface area (Å²) in [5.74, 6) is 0.315. The van der Waals surface area contributed by atoms with E-state index in [2.05, 4.69) is 41.3 Å². The van der Waals surface area contributed by atoms with E-state index in [-0.39, 0.29) is 11.8 Å². The van der Waals surface area contributed by atoms with Crippen molar-refractivity contribution >= 4 is 23.3 Å². The fourth-order valence-corrected chi connectivity index (χ4v) is 5.80. The number of hydrogen-bond donors (Lipinski definition) is 1. The van der Waals surface area contributed by atoms with Crippen molar-refractivity contribution < 1.29 is 14.7 Å². The molecule has 2 heterocycles. The number of aromatic nitrogens is 1. The van der Waals surface area contributed by atoms with E-state index < -0.39 is 5.97 Å². The van der Waals surface area contributed by atoms with E-state index in [0.717, 1.165) is 53.8 Å². The Bertz CT molecular complexity index is 1280. The number of carboxylic acids is 1. The van der Waals surface area contributed by atoms with Crippen LogP contribution in [-0.2, 0) is 4.79 Å². The van der Waals surface area contributed by atoms with E-state index in [4.69, 9.17) is 16.4 Å². The highest BCUT2D eigenvalue weighted by Gasteiger charge is 2.29. The standard InChI is InChI=1S/C29H29ClN2O3/c1-17-13-24(30)15-27-28(17)25(16-26(32-35-27)23-11-12-31-18(2)14-23)21-7-3-19(4-8-21)20-5-9-22(10-6-20)29(33)34/h3-4,7-8,11-15,20,22,25H,5-6,9-10,16H2,1-2H3,(H,33,34)/t20?,22?,25-/m1/s1. The van der Waals surface area contributed by atoms with Crippen molar-refractivity contribution in [2.24, 2.45) is 11.1 Å². The minimum absolute atomic E-state index is 0.0637. The Hall–Kier alpha value is -3.18. The van der Waals surface area contributed by atoms with Crippen LogP contribution in [0, 0.1) is 19.8 Å². The highest BCUT2D eigenvalue weighted by Crippen LogP contribution is 2.42. The van der Waals surface area contributed by atoms with Crippen LogP contribution in [0.15, 0.2) is 59.9 Å². The third-order valence-corrected chi connectivity index (χ3v) is 7.65. The van der Waals surface area contributed by atoms with Gasteiger partial charge in [-0.05, 0) is 80.3 Å². The number of halogens is 1. The van der Waals surface area contributed by atoms with Crippen LogP contribution < -0.4 is 4.84 Å². The molecule has 0 unspecified atom stereocenters. The van der Waals surface area contributed by atoms with E-state index in [1.165, 1.54) is 11.1 Å². The zero-order valence-electron chi connectivity index (χ0n) is 20.0. The van der Waals surface area contributed by atoms with Gasteiger partial charge in [-0.25, -0.2) is 0 Å². The molecule has 0 radical (unpaired) electrons. The Morgan fingerprint density at radius 2 is 1.71 bits per heavy atom. The molecule has 180 valence electrons. The summed E-state index contributed by atoms with van der Waals surface area (Å²) in [5.41, 5.74) is 7.49. The molecule has 2 aromatic carbocycles. The maximum absolute atomic E-state index is 11.3. The van der Waals surface area contributed by atoms with Gasteiger partial charge in [-0.3, -0.25) is 9.78 Å². The quantitative estimate of drug-likeness (QED) is 0.428. The molecule has 0 bridgehead atoms. The number of benzene rings is 2. The molecule has 5 nitrogen and oxygen atoms in total. The first kappa shape index (κ1) is 23.6. The molecule has 1 fully saturated rings. The Morgan fingerprint density at radius 1 is 1.00 bits per heavy atom. The summed E-state index contributed by atoms with van der Waals surface area (Å²) >= 11 is 6.37. The normalized spacial score (nSPS) is 21.9. The molecule has 1 atom stereocenters. The second-order valence-corrected chi connectivity index (χ2v) is 10.2. The van der Waals surface area contributed by atoms with Crippen LogP contribution in [-0.4, -0.2) is 21.8 Å². The number of carbonyl (C=O) groups is 1. The maximum Gasteiger partial charge on any atom is 0.306 e. The van der Waals surface area contributed by atoms with Gasteiger partial charge in [0.15, 0.2) is 5.75 Å². The van der Waals surface area contributed by atoms with Crippen LogP contribution in [0.1, 0.15) is 77.5 Å². The molecule has 3 aromatic rings. The monoisotopic (exact) mass is 488 g/mol. The van der Waals surface area contributed by atoms with Crippen LogP contribution in [0.5, 0.6) is 5.75 Å². The van der Waals surface area contributed by atoms with Crippen molar-refractivity contribution in [3.63, 3.8) is 0 Å². The molecule has 5 rings (SSSR count). The van der Waals surface area contributed by atoms with E-state index in [0.29, 0.717) is 23.1 Å². The number of fused-ring (bicyclic) bond motifs is 1. The van der Waals surface area contributed by atoms with Gasteiger partial charge in [-0.2, -0.15) is 0 Å². The smallest absolute Gasteiger partial charge is 0.306 e. The third kappa shape index (κ3) is 4.96. The van der Waals surface area contributed by atoms with Crippen LogP contribution in [0.25, 0.3) is 0 Å². The van der Waals surface area contributed by atoms with Crippen LogP contribution in [0.3, 0.4) is 0 Å². The second-order valence-electron chi connectivity index (χ2n) is 9.76. The summed E-state index contributed by atoms with van der Waals surface area (Å²) in [4.78, 5) is 21.6. The molecule has 0 amide bonds. The summed E-state index contributed by atoms with van der Waals surface area (Å²) in [6, 6.07) is 16.7. The summed E-state index contributed by atoms with van der Waals surface area (Å²) in [5, 5.41) is 14.5. The Balaban J connectivity index is 1.47. The van der Waals surface area contributed by atoms with E-state index in [1.807, 2.05) is 31.2 Å². The van der Waals surface area contributed by atoms with Gasteiger partial charge in [0.2, 0.25) is 0 Å². The Labute approximate surface area is 210 Å². The molecule has 0 spiro atoms. The molecule has 35 heavy (non-hydrogen) atoms. The topological polar surface area (TPSA) is 71.8 Å². The number of oxime groups is 1. The first-order valence-electron chi connectivity index (χ1n) is 12.2. The number of rotatable bonds is 4. The second kappa shape index (κ2) is 9.82. The molecular formula is C29H29ClN2O3. The van der Waals surface area contributed by atoms with Gasteiger partial charge >= 0.3 is 5.97 Å². The molecular weight excluding hydrogens is 460 g/mol. The number of hydrogen-bond acceptors (Lipinski definition) is 4. The Kier molecular flexibility index (Phi) is 6.61. The average molecular weight is 489 g/mol. The minimum Gasteiger partial charge on any atom is -0.481 e. The predicted octanol–water partition coefficient (Wildman–Crippen LogP) is 7.03. The Morgan fingerprint density at radius 3 is 2.40 bits per heavy atom. The van der Waals surface area contributed by atoms with Crippen molar-refractivity contribution in [3.8, 4) is 5.75 Å². The van der Waals surface area contributed by atoms with Gasteiger partial charge in [-0.15, -0.1) is 0 Å². The van der Waals surface area contributed by atoms with Gasteiger partial charge in [0.05, 0.1) is 11.6 Å². The number of nitrogens with zero attached hydrogens (tertiary/aromatic N) is 2. The SMILES string of the molecule is Cc1cc(C2=NOc3cc(Cl)cc(C)c3[C@@H](c3ccc(C4CCC(C(=O)O)CC4)cc3)C2)ccn1. The summed E-state index contributed by atoms with van der Waals surface area (Å²) in [6.45, 7) is 4.04. The number of aliphatic carboxylic acids is 1. The fourth-order valence-electron chi connectivity index (χ4n) is 5.54. The zero-order valence-corrected chi connectivity index (χ0v) is 20.8. The summed E-state index contributed by atoms with van der Waals surface area (Å²) < 4.78 is 0. The van der Waals surface area contributed by atoms with Crippen molar-refractivity contribution in [1.29, 1.82) is 0 Å². The lowest BCUT2D eigenvalue weighted by Gasteiger charge is -2.27. The van der Waals surface area contributed by atoms with Gasteiger partial charge < -0.3 is 9.94 Å². The molecule has 2 aliphatic rings. The zero-order chi connectivity index (χ0) is 24.5. The van der Waals surface area contributed by atoms with Gasteiger partial charge in [-0.1, -0.05) is 41.0 Å². The molecule has 6 heteroatoms. The first-order chi connectivity index (χ1) is 16.9. The van der Waals surface area contributed by atoms with Crippen LogP contribution in [0.2, 0.25) is 5.02 Å². The average Bonchev–Trinajstić information content (AvgIpc) is 3.04. The van der Waals surface area contributed by atoms with Gasteiger partial charge in [0, 0.05) is 46.4 Å². The van der Waals surface area contributed by atoms with Crippen LogP contribution in [0.4, 0.5) is 0 Å². The molecule has 1 N–H and O–H groups in total. The number of pyridine rings is 1. The minimum atomic E-state index is -0.662. The highest BCUT2D eigenvalue weighted by atomic mass is 35.5. The highest BCUT2D eigenvalue weighted by molar-refractivity contribution is 6.30. The summed E-state index contributed by atoms with van der Waals surface area (Å²) in [6.07, 6.45) is 5.84. The number of aryl methyl sites for hydroxylation is 2. The molecule has 1 aromatic heterocycles. The van der Waals surface area contributed by atoms with Crippen molar-refractivity contribution in [1.82, 2.24) is 4.98 Å². The van der Waals surface area contributed by atoms with Gasteiger partial charge in [0.25, 0.3) is 0 Å². The fraction of sp³-hybridized carbons (Fsp3) is 0.345. The molecule has 1 aliphatic heterocycles. The largest absolute Gasteiger partial charge is 0.481 e. The lowest BCUT2D eigenvalue weighted by Crippen LogP contribution is -2.20. The maximum atomic E-state index is 11.3. The molecule has 1 saturated carbocycles. The van der Waals surface area contributed by atoms with Crippen molar-refractivity contribution in [2.45, 2.75) is 57.8 Å². The summed E-state index contributed by atoms with van der Waals surface area (Å²) in [7, 11) is 0. The molecule has 1 aliphatic carbocycles. The van der Waals surface area contributed by atoms with Gasteiger partial charge in [0.1, 0.15) is 0 Å². The first-order valence-corrected chi connectivity index (χ1v) is 12.6. The molecule has 0 saturated heterocycles. The van der Waals surface area contributed by atoms with Crippen LogP contribution >= 0.6 is 11.6 Å². The van der Waals surface area contributed by atoms with E-state index >= 15 is 0 Å². The van der Waals surface area contributed by atoms with Crippen molar-refractivity contribution in [3.05, 3.63) is 93.3 Å². The predicted molar refractivity (Wildman–Crippen MR) is 138 cm³/mol. The van der Waals surface area contributed by atoms with E-state index in [1.54, 1.807) is 6.20 Å².